The summed E-state index contributed by atoms with van der Waals surface area (Å²) in [5, 5.41) is 4.18. The number of carbonyl (C=O) groups is 1. The largest absolute Gasteiger partial charge is 0.272 e. The Morgan fingerprint density at radius 1 is 1.29 bits per heavy atom. The smallest absolute Gasteiger partial charge is 0.255 e. The molecular weight excluding hydrogens is 326 g/mol. The molecule has 0 radical (unpaired) electrons. The van der Waals surface area contributed by atoms with Gasteiger partial charge >= 0.3 is 0 Å². The van der Waals surface area contributed by atoms with Crippen LogP contribution in [0.25, 0.3) is 0 Å². The molecule has 1 amide bonds. The van der Waals surface area contributed by atoms with Gasteiger partial charge in [0.1, 0.15) is 0 Å². The standard InChI is InChI=1S/C17H25N3O3S/c1-13-8-10-15(11-9-13)24(22,23)20(3)12-17(21)19-18-16-7-5-4-6-14(16)2/h8-11,14H,4-7,12H2,1-3H3,(H,19,21)/b18-16-/t14-/m1/s1. The van der Waals surface area contributed by atoms with E-state index in [0.717, 1.165) is 34.8 Å². The second-order valence-electron chi connectivity index (χ2n) is 6.36. The van der Waals surface area contributed by atoms with E-state index in [9.17, 15) is 13.2 Å². The van der Waals surface area contributed by atoms with Gasteiger partial charge in [0.25, 0.3) is 5.91 Å². The van der Waals surface area contributed by atoms with Crippen molar-refractivity contribution in [3.63, 3.8) is 0 Å². The molecule has 0 heterocycles. The molecule has 1 aliphatic carbocycles. The number of hydrazone groups is 1. The van der Waals surface area contributed by atoms with Gasteiger partial charge < -0.3 is 0 Å². The van der Waals surface area contributed by atoms with Crippen LogP contribution in [0.1, 0.15) is 38.2 Å². The minimum Gasteiger partial charge on any atom is -0.272 e. The van der Waals surface area contributed by atoms with Crippen LogP contribution in [-0.4, -0.2) is 37.9 Å². The van der Waals surface area contributed by atoms with Gasteiger partial charge in [0.05, 0.1) is 11.4 Å². The van der Waals surface area contributed by atoms with Gasteiger partial charge in [-0.3, -0.25) is 4.79 Å². The second kappa shape index (κ2) is 7.90. The number of rotatable bonds is 5. The summed E-state index contributed by atoms with van der Waals surface area (Å²) < 4.78 is 25.9. The van der Waals surface area contributed by atoms with Crippen LogP contribution in [0, 0.1) is 12.8 Å². The molecule has 0 saturated heterocycles. The van der Waals surface area contributed by atoms with Gasteiger partial charge in [-0.1, -0.05) is 31.0 Å². The second-order valence-corrected chi connectivity index (χ2v) is 8.40. The third-order valence-electron chi connectivity index (χ3n) is 4.31. The lowest BCUT2D eigenvalue weighted by atomic mass is 9.89. The number of likely N-dealkylation sites (N-methyl/N-ethyl adjacent to an activating group) is 1. The molecule has 2 rings (SSSR count). The maximum absolute atomic E-state index is 12.4. The van der Waals surface area contributed by atoms with E-state index < -0.39 is 15.9 Å². The summed E-state index contributed by atoms with van der Waals surface area (Å²) in [6.07, 6.45) is 4.24. The van der Waals surface area contributed by atoms with Crippen molar-refractivity contribution in [3.8, 4) is 0 Å². The molecular formula is C17H25N3O3S. The Kier molecular flexibility index (Phi) is 6.12. The van der Waals surface area contributed by atoms with Crippen molar-refractivity contribution in [2.75, 3.05) is 13.6 Å². The first kappa shape index (κ1) is 18.6. The number of sulfonamides is 1. The molecule has 0 aliphatic heterocycles. The summed E-state index contributed by atoms with van der Waals surface area (Å²) in [4.78, 5) is 12.2. The Morgan fingerprint density at radius 3 is 2.58 bits per heavy atom. The summed E-state index contributed by atoms with van der Waals surface area (Å²) in [6, 6.07) is 6.56. The molecule has 7 heteroatoms. The fraction of sp³-hybridized carbons (Fsp3) is 0.529. The van der Waals surface area contributed by atoms with Crippen molar-refractivity contribution < 1.29 is 13.2 Å². The first-order valence-corrected chi connectivity index (χ1v) is 9.63. The molecule has 0 aromatic heterocycles. The van der Waals surface area contributed by atoms with Crippen molar-refractivity contribution in [2.45, 2.75) is 44.4 Å². The average Bonchev–Trinajstić information content (AvgIpc) is 2.54. The van der Waals surface area contributed by atoms with Crippen LogP contribution in [0.3, 0.4) is 0 Å². The molecule has 1 atom stereocenters. The predicted octanol–water partition coefficient (Wildman–Crippen LogP) is 2.30. The average molecular weight is 351 g/mol. The lowest BCUT2D eigenvalue weighted by molar-refractivity contribution is -0.121. The summed E-state index contributed by atoms with van der Waals surface area (Å²) in [5.41, 5.74) is 4.45. The molecule has 1 aromatic carbocycles. The van der Waals surface area contributed by atoms with E-state index in [-0.39, 0.29) is 11.4 Å². The molecule has 0 unspecified atom stereocenters. The summed E-state index contributed by atoms with van der Waals surface area (Å²) >= 11 is 0. The number of hydrogen-bond acceptors (Lipinski definition) is 4. The molecule has 1 saturated carbocycles. The number of amides is 1. The van der Waals surface area contributed by atoms with Crippen molar-refractivity contribution in [1.29, 1.82) is 0 Å². The van der Waals surface area contributed by atoms with Gasteiger partial charge in [0.2, 0.25) is 10.0 Å². The number of nitrogens with zero attached hydrogens (tertiary/aromatic N) is 2. The maximum Gasteiger partial charge on any atom is 0.255 e. The van der Waals surface area contributed by atoms with Crippen LogP contribution in [0.2, 0.25) is 0 Å². The first-order chi connectivity index (χ1) is 11.3. The van der Waals surface area contributed by atoms with Crippen molar-refractivity contribution >= 4 is 21.6 Å². The fourth-order valence-electron chi connectivity index (χ4n) is 2.68. The Labute approximate surface area is 144 Å². The Bertz CT molecular complexity index is 711. The van der Waals surface area contributed by atoms with E-state index in [1.807, 2.05) is 6.92 Å². The van der Waals surface area contributed by atoms with Crippen molar-refractivity contribution in [3.05, 3.63) is 29.8 Å². The van der Waals surface area contributed by atoms with E-state index in [0.29, 0.717) is 5.92 Å². The highest BCUT2D eigenvalue weighted by Gasteiger charge is 2.23. The minimum atomic E-state index is -3.68. The number of benzene rings is 1. The minimum absolute atomic E-state index is 0.176. The van der Waals surface area contributed by atoms with Gasteiger partial charge in [-0.2, -0.15) is 9.41 Å². The van der Waals surface area contributed by atoms with Crippen LogP contribution >= 0.6 is 0 Å². The molecule has 132 valence electrons. The lowest BCUT2D eigenvalue weighted by Crippen LogP contribution is -2.37. The molecule has 24 heavy (non-hydrogen) atoms. The predicted molar refractivity (Wildman–Crippen MR) is 94.2 cm³/mol. The highest BCUT2D eigenvalue weighted by molar-refractivity contribution is 7.89. The SMILES string of the molecule is Cc1ccc(S(=O)(=O)N(C)CC(=O)N/N=C2/CCCC[C@H]2C)cc1. The van der Waals surface area contributed by atoms with Crippen molar-refractivity contribution in [1.82, 2.24) is 9.73 Å². The van der Waals surface area contributed by atoms with E-state index in [1.54, 1.807) is 24.3 Å². The van der Waals surface area contributed by atoms with E-state index in [2.05, 4.69) is 17.5 Å². The van der Waals surface area contributed by atoms with Crippen molar-refractivity contribution in [2.24, 2.45) is 11.0 Å². The molecule has 6 nitrogen and oxygen atoms in total. The van der Waals surface area contributed by atoms with Crippen LogP contribution in [-0.2, 0) is 14.8 Å². The third kappa shape index (κ3) is 4.64. The molecule has 1 aromatic rings. The quantitative estimate of drug-likeness (QED) is 0.827. The number of hydrogen-bond donors (Lipinski definition) is 1. The van der Waals surface area contributed by atoms with Gasteiger partial charge in [0.15, 0.2) is 0 Å². The van der Waals surface area contributed by atoms with Gasteiger partial charge in [0, 0.05) is 12.8 Å². The number of carbonyl (C=O) groups excluding carboxylic acids is 1. The van der Waals surface area contributed by atoms with E-state index in [4.69, 9.17) is 0 Å². The first-order valence-electron chi connectivity index (χ1n) is 8.19. The van der Waals surface area contributed by atoms with Crippen LogP contribution in [0.5, 0.6) is 0 Å². The van der Waals surface area contributed by atoms with Gasteiger partial charge in [-0.25, -0.2) is 13.8 Å². The Hall–Kier alpha value is -1.73. The lowest BCUT2D eigenvalue weighted by Gasteiger charge is -2.20. The number of aryl methyl sites for hydroxylation is 1. The highest BCUT2D eigenvalue weighted by Crippen LogP contribution is 2.20. The van der Waals surface area contributed by atoms with Gasteiger partial charge in [-0.15, -0.1) is 0 Å². The molecule has 1 N–H and O–H groups in total. The molecule has 1 fully saturated rings. The van der Waals surface area contributed by atoms with Crippen LogP contribution < -0.4 is 5.43 Å². The monoisotopic (exact) mass is 351 g/mol. The van der Waals surface area contributed by atoms with E-state index >= 15 is 0 Å². The third-order valence-corrected chi connectivity index (χ3v) is 6.13. The number of nitrogens with one attached hydrogen (secondary N) is 1. The topological polar surface area (TPSA) is 78.8 Å². The zero-order valence-electron chi connectivity index (χ0n) is 14.4. The van der Waals surface area contributed by atoms with Crippen LogP contribution in [0.15, 0.2) is 34.3 Å². The zero-order valence-corrected chi connectivity index (χ0v) is 15.3. The molecule has 0 spiro atoms. The summed E-state index contributed by atoms with van der Waals surface area (Å²) in [5.74, 6) is -0.0634. The van der Waals surface area contributed by atoms with Crippen LogP contribution in [0.4, 0.5) is 0 Å². The maximum atomic E-state index is 12.4. The van der Waals surface area contributed by atoms with Gasteiger partial charge in [-0.05, 0) is 44.2 Å². The van der Waals surface area contributed by atoms with E-state index in [1.165, 1.54) is 13.5 Å². The highest BCUT2D eigenvalue weighted by atomic mass is 32.2. The summed E-state index contributed by atoms with van der Waals surface area (Å²) in [6.45, 7) is 3.72. The zero-order chi connectivity index (χ0) is 17.7. The Balaban J connectivity index is 1.97. The molecule has 0 bridgehead atoms. The fourth-order valence-corrected chi connectivity index (χ4v) is 3.81. The summed E-state index contributed by atoms with van der Waals surface area (Å²) in [7, 11) is -2.29. The normalized spacial score (nSPS) is 20.3. The Morgan fingerprint density at radius 2 is 1.96 bits per heavy atom. The molecule has 1 aliphatic rings.